The van der Waals surface area contributed by atoms with Crippen LogP contribution in [0.2, 0.25) is 0 Å². The van der Waals surface area contributed by atoms with Crippen molar-refractivity contribution in [2.24, 2.45) is 0 Å². The highest BCUT2D eigenvalue weighted by Gasteiger charge is 2.17. The van der Waals surface area contributed by atoms with Gasteiger partial charge in [-0.05, 0) is 77.1 Å². The predicted molar refractivity (Wildman–Crippen MR) is 136 cm³/mol. The number of anilines is 1. The van der Waals surface area contributed by atoms with Crippen LogP contribution in [0.3, 0.4) is 0 Å². The van der Waals surface area contributed by atoms with Crippen LogP contribution in [-0.4, -0.2) is 28.9 Å². The summed E-state index contributed by atoms with van der Waals surface area (Å²) in [6, 6.07) is 22.3. The minimum Gasteiger partial charge on any atom is -0.337 e. The number of nitrogens with one attached hydrogen (secondary N) is 2. The third-order valence-electron chi connectivity index (χ3n) is 4.68. The smallest absolute Gasteiger partial charge is 0.257 e. The average Bonchev–Trinajstić information content (AvgIpc) is 2.76. The van der Waals surface area contributed by atoms with E-state index < -0.39 is 0 Å². The van der Waals surface area contributed by atoms with Crippen molar-refractivity contribution in [3.63, 3.8) is 0 Å². The second-order valence-corrected chi connectivity index (χ2v) is 8.64. The highest BCUT2D eigenvalue weighted by molar-refractivity contribution is 14.1. The Kier molecular flexibility index (Phi) is 7.75. The first-order valence-electron chi connectivity index (χ1n) is 9.62. The second-order valence-electron chi connectivity index (χ2n) is 7.06. The molecule has 0 aliphatic rings. The average molecular weight is 543 g/mol. The lowest BCUT2D eigenvalue weighted by atomic mass is 10.1. The van der Waals surface area contributed by atoms with E-state index in [1.54, 1.807) is 36.2 Å². The molecule has 0 atom stereocenters. The molecular weight excluding hydrogens is 521 g/mol. The molecule has 0 radical (unpaired) electrons. The highest BCUT2D eigenvalue weighted by Crippen LogP contribution is 2.18. The first kappa shape index (κ1) is 22.9. The summed E-state index contributed by atoms with van der Waals surface area (Å²) in [5, 5.41) is 5.80. The van der Waals surface area contributed by atoms with Crippen LogP contribution < -0.4 is 10.6 Å². The molecule has 31 heavy (non-hydrogen) atoms. The molecule has 0 aromatic heterocycles. The summed E-state index contributed by atoms with van der Waals surface area (Å²) < 4.78 is 1.00. The van der Waals surface area contributed by atoms with Crippen LogP contribution >= 0.6 is 34.8 Å². The Morgan fingerprint density at radius 2 is 1.68 bits per heavy atom. The first-order valence-corrected chi connectivity index (χ1v) is 11.1. The van der Waals surface area contributed by atoms with E-state index in [0.29, 0.717) is 23.4 Å². The van der Waals surface area contributed by atoms with E-state index in [4.69, 9.17) is 12.2 Å². The van der Waals surface area contributed by atoms with E-state index in [1.807, 2.05) is 55.5 Å². The number of hydrogen-bond donors (Lipinski definition) is 2. The number of nitrogens with zero attached hydrogens (tertiary/aromatic N) is 1. The lowest BCUT2D eigenvalue weighted by Crippen LogP contribution is -2.35. The highest BCUT2D eigenvalue weighted by atomic mass is 127. The fourth-order valence-electron chi connectivity index (χ4n) is 2.98. The molecule has 7 heteroatoms. The van der Waals surface area contributed by atoms with Gasteiger partial charge in [-0.2, -0.15) is 0 Å². The molecule has 0 saturated heterocycles. The zero-order valence-electron chi connectivity index (χ0n) is 17.2. The number of thiocarbonyl (C=S) groups is 1. The molecule has 0 spiro atoms. The number of carbonyl (C=O) groups excluding carboxylic acids is 2. The zero-order chi connectivity index (χ0) is 22.4. The normalized spacial score (nSPS) is 10.3. The Labute approximate surface area is 201 Å². The summed E-state index contributed by atoms with van der Waals surface area (Å²) in [4.78, 5) is 27.2. The van der Waals surface area contributed by atoms with E-state index >= 15 is 0 Å². The molecule has 2 N–H and O–H groups in total. The van der Waals surface area contributed by atoms with Gasteiger partial charge in [-0.3, -0.25) is 14.9 Å². The Hall–Kier alpha value is -2.78. The molecule has 0 aliphatic heterocycles. The van der Waals surface area contributed by atoms with Crippen molar-refractivity contribution in [3.05, 3.63) is 98.6 Å². The first-order chi connectivity index (χ1) is 14.8. The Balaban J connectivity index is 1.69. The predicted octanol–water partition coefficient (Wildman–Crippen LogP) is 5.00. The van der Waals surface area contributed by atoms with Gasteiger partial charge in [-0.1, -0.05) is 48.5 Å². The van der Waals surface area contributed by atoms with Crippen LogP contribution in [0.5, 0.6) is 0 Å². The third-order valence-corrected chi connectivity index (χ3v) is 6.04. The number of halogens is 1. The fourth-order valence-corrected chi connectivity index (χ4v) is 3.69. The molecule has 2 amide bonds. The van der Waals surface area contributed by atoms with Gasteiger partial charge >= 0.3 is 0 Å². The van der Waals surface area contributed by atoms with Gasteiger partial charge in [-0.25, -0.2) is 0 Å². The molecule has 0 heterocycles. The Bertz CT molecular complexity index is 1120. The van der Waals surface area contributed by atoms with E-state index in [-0.39, 0.29) is 16.9 Å². The summed E-state index contributed by atoms with van der Waals surface area (Å²) in [6.07, 6.45) is 0. The maximum atomic E-state index is 13.0. The molecule has 158 valence electrons. The molecule has 0 saturated carbocycles. The Morgan fingerprint density at radius 3 is 2.39 bits per heavy atom. The van der Waals surface area contributed by atoms with Gasteiger partial charge in [0.05, 0.1) is 11.3 Å². The number of carbonyl (C=O) groups is 2. The van der Waals surface area contributed by atoms with Gasteiger partial charge in [0.2, 0.25) is 0 Å². The number of rotatable bonds is 5. The second kappa shape index (κ2) is 10.5. The van der Waals surface area contributed by atoms with Gasteiger partial charge < -0.3 is 10.2 Å². The maximum Gasteiger partial charge on any atom is 0.257 e. The van der Waals surface area contributed by atoms with Gasteiger partial charge in [-0.15, -0.1) is 0 Å². The molecule has 3 aromatic rings. The lowest BCUT2D eigenvalue weighted by Gasteiger charge is -2.20. The van der Waals surface area contributed by atoms with E-state index in [1.165, 1.54) is 0 Å². The molecule has 0 fully saturated rings. The summed E-state index contributed by atoms with van der Waals surface area (Å²) >= 11 is 7.51. The van der Waals surface area contributed by atoms with Crippen molar-refractivity contribution in [2.45, 2.75) is 13.5 Å². The van der Waals surface area contributed by atoms with Gasteiger partial charge in [0.15, 0.2) is 5.11 Å². The summed E-state index contributed by atoms with van der Waals surface area (Å²) in [7, 11) is 1.76. The molecular formula is C24H22IN3O2S. The topological polar surface area (TPSA) is 61.4 Å². The minimum atomic E-state index is -0.305. The molecule has 3 aromatic carbocycles. The van der Waals surface area contributed by atoms with Crippen molar-refractivity contribution < 1.29 is 9.59 Å². The molecule has 0 unspecified atom stereocenters. The van der Waals surface area contributed by atoms with E-state index in [9.17, 15) is 9.59 Å². The van der Waals surface area contributed by atoms with Crippen molar-refractivity contribution in [2.75, 3.05) is 12.4 Å². The van der Waals surface area contributed by atoms with Crippen molar-refractivity contribution in [1.82, 2.24) is 10.2 Å². The number of aryl methyl sites for hydroxylation is 1. The van der Waals surface area contributed by atoms with Crippen molar-refractivity contribution >= 4 is 57.4 Å². The van der Waals surface area contributed by atoms with Crippen LogP contribution in [0.15, 0.2) is 72.8 Å². The number of benzene rings is 3. The number of hydrogen-bond acceptors (Lipinski definition) is 3. The van der Waals surface area contributed by atoms with Crippen LogP contribution in [0.1, 0.15) is 31.8 Å². The van der Waals surface area contributed by atoms with Crippen molar-refractivity contribution in [1.29, 1.82) is 0 Å². The van der Waals surface area contributed by atoms with Gasteiger partial charge in [0.25, 0.3) is 11.8 Å². The van der Waals surface area contributed by atoms with Crippen LogP contribution in [0.25, 0.3) is 0 Å². The summed E-state index contributed by atoms with van der Waals surface area (Å²) in [5.74, 6) is -0.449. The molecule has 0 aliphatic carbocycles. The number of amides is 2. The fraction of sp³-hybridized carbons (Fsp3) is 0.125. The van der Waals surface area contributed by atoms with Crippen LogP contribution in [-0.2, 0) is 6.54 Å². The zero-order valence-corrected chi connectivity index (χ0v) is 20.2. The molecule has 0 bridgehead atoms. The van der Waals surface area contributed by atoms with E-state index in [0.717, 1.165) is 14.7 Å². The SMILES string of the molecule is Cc1ccc(C(=O)NC(=S)Nc2ccccc2C(=O)N(C)Cc2ccccc2)cc1I. The minimum absolute atomic E-state index is 0.131. The van der Waals surface area contributed by atoms with Gasteiger partial charge in [0, 0.05) is 22.7 Å². The molecule has 3 rings (SSSR count). The maximum absolute atomic E-state index is 13.0. The standard InChI is InChI=1S/C24H22IN3O2S/c1-16-12-13-18(14-20(16)25)22(29)27-24(31)26-21-11-7-6-10-19(21)23(30)28(2)15-17-8-4-3-5-9-17/h3-14H,15H2,1-2H3,(H2,26,27,29,31). The third kappa shape index (κ3) is 6.11. The van der Waals surface area contributed by atoms with Crippen molar-refractivity contribution in [3.8, 4) is 0 Å². The van der Waals surface area contributed by atoms with E-state index in [2.05, 4.69) is 33.2 Å². The number of para-hydroxylation sites is 1. The monoisotopic (exact) mass is 543 g/mol. The molecule has 5 nitrogen and oxygen atoms in total. The Morgan fingerprint density at radius 1 is 1.00 bits per heavy atom. The largest absolute Gasteiger partial charge is 0.337 e. The summed E-state index contributed by atoms with van der Waals surface area (Å²) in [6.45, 7) is 2.47. The summed E-state index contributed by atoms with van der Waals surface area (Å²) in [5.41, 5.74) is 3.67. The van der Waals surface area contributed by atoms with Gasteiger partial charge in [0.1, 0.15) is 0 Å². The van der Waals surface area contributed by atoms with Crippen LogP contribution in [0, 0.1) is 10.5 Å². The van der Waals surface area contributed by atoms with Crippen LogP contribution in [0.4, 0.5) is 5.69 Å². The quantitative estimate of drug-likeness (QED) is 0.352. The lowest BCUT2D eigenvalue weighted by molar-refractivity contribution is 0.0786.